The molecule has 1 aliphatic rings. The van der Waals surface area contributed by atoms with E-state index in [1.165, 1.54) is 19.2 Å². The smallest absolute Gasteiger partial charge is 0.157 e. The maximum Gasteiger partial charge on any atom is 0.157 e. The van der Waals surface area contributed by atoms with Crippen molar-refractivity contribution in [1.82, 2.24) is 20.1 Å². The number of carbonyl (C=O) groups is 1. The van der Waals surface area contributed by atoms with Crippen molar-refractivity contribution >= 4 is 5.78 Å². The molecule has 0 aromatic carbocycles. The summed E-state index contributed by atoms with van der Waals surface area (Å²) in [5.41, 5.74) is 0. The fourth-order valence-corrected chi connectivity index (χ4v) is 2.06. The van der Waals surface area contributed by atoms with Gasteiger partial charge < -0.3 is 5.32 Å². The van der Waals surface area contributed by atoms with Gasteiger partial charge in [0.05, 0.1) is 12.5 Å². The summed E-state index contributed by atoms with van der Waals surface area (Å²) in [7, 11) is 1.82. The second-order valence-electron chi connectivity index (χ2n) is 4.30. The lowest BCUT2D eigenvalue weighted by atomic mass is 10.0. The highest BCUT2D eigenvalue weighted by Gasteiger charge is 2.20. The van der Waals surface area contributed by atoms with Crippen LogP contribution in [0, 0.1) is 0 Å². The number of rotatable bonds is 3. The molecular formula is C11H18N4O. The summed E-state index contributed by atoms with van der Waals surface area (Å²) in [6.07, 6.45) is 6.37. The van der Waals surface area contributed by atoms with Gasteiger partial charge in [-0.1, -0.05) is 12.8 Å². The van der Waals surface area contributed by atoms with Gasteiger partial charge in [0, 0.05) is 7.05 Å². The first kappa shape index (κ1) is 11.3. The van der Waals surface area contributed by atoms with Gasteiger partial charge in [0.25, 0.3) is 0 Å². The van der Waals surface area contributed by atoms with E-state index in [1.54, 1.807) is 4.68 Å². The Morgan fingerprint density at radius 3 is 3.19 bits per heavy atom. The molecule has 1 N–H and O–H groups in total. The van der Waals surface area contributed by atoms with E-state index in [0.29, 0.717) is 6.42 Å². The van der Waals surface area contributed by atoms with E-state index in [-0.39, 0.29) is 11.8 Å². The van der Waals surface area contributed by atoms with Gasteiger partial charge in [-0.25, -0.2) is 4.98 Å². The van der Waals surface area contributed by atoms with Crippen LogP contribution in [-0.2, 0) is 18.3 Å². The Morgan fingerprint density at radius 1 is 1.56 bits per heavy atom. The maximum atomic E-state index is 12.0. The van der Waals surface area contributed by atoms with E-state index in [9.17, 15) is 4.79 Å². The highest BCUT2D eigenvalue weighted by molar-refractivity contribution is 5.85. The Balaban J connectivity index is 1.94. The topological polar surface area (TPSA) is 59.8 Å². The van der Waals surface area contributed by atoms with Gasteiger partial charge in [-0.05, 0) is 19.4 Å². The molecule has 1 aromatic heterocycles. The van der Waals surface area contributed by atoms with E-state index in [0.717, 1.165) is 25.2 Å². The Labute approximate surface area is 95.2 Å². The zero-order chi connectivity index (χ0) is 11.4. The fourth-order valence-electron chi connectivity index (χ4n) is 2.06. The molecular weight excluding hydrogens is 204 g/mol. The van der Waals surface area contributed by atoms with Crippen LogP contribution in [0.1, 0.15) is 31.5 Å². The number of hydrogen-bond acceptors (Lipinski definition) is 4. The molecule has 1 aliphatic heterocycles. The predicted molar refractivity (Wildman–Crippen MR) is 60.0 cm³/mol. The Bertz CT molecular complexity index is 353. The normalized spacial score (nSPS) is 21.7. The van der Waals surface area contributed by atoms with Gasteiger partial charge in [0.1, 0.15) is 12.2 Å². The number of aromatic nitrogens is 3. The minimum Gasteiger partial charge on any atom is -0.307 e. The molecule has 1 unspecified atom stereocenters. The van der Waals surface area contributed by atoms with Crippen molar-refractivity contribution in [3.05, 3.63) is 12.2 Å². The minimum absolute atomic E-state index is 0.0131. The average Bonchev–Trinajstić information content (AvgIpc) is 2.57. The first-order valence-corrected chi connectivity index (χ1v) is 5.86. The molecule has 16 heavy (non-hydrogen) atoms. The van der Waals surface area contributed by atoms with Gasteiger partial charge in [-0.3, -0.25) is 9.48 Å². The Hall–Kier alpha value is -1.23. The van der Waals surface area contributed by atoms with Gasteiger partial charge in [0.15, 0.2) is 5.78 Å². The minimum atomic E-state index is 0.0131. The molecule has 0 saturated carbocycles. The largest absolute Gasteiger partial charge is 0.307 e. The van der Waals surface area contributed by atoms with E-state index in [2.05, 4.69) is 15.4 Å². The predicted octanol–water partition coefficient (Wildman–Crippen LogP) is 0.459. The lowest BCUT2D eigenvalue weighted by molar-refractivity contribution is -0.120. The lowest BCUT2D eigenvalue weighted by Crippen LogP contribution is -2.37. The van der Waals surface area contributed by atoms with E-state index in [1.807, 2.05) is 7.05 Å². The second kappa shape index (κ2) is 5.21. The van der Waals surface area contributed by atoms with E-state index in [4.69, 9.17) is 0 Å². The van der Waals surface area contributed by atoms with Gasteiger partial charge in [-0.15, -0.1) is 0 Å². The number of carbonyl (C=O) groups excluding carboxylic acids is 1. The standard InChI is InChI=1S/C11H18N4O/c1-15-11(13-8-14-15)7-10(16)9-5-3-2-4-6-12-9/h8-9,12H,2-7H2,1H3. The first-order valence-electron chi connectivity index (χ1n) is 5.86. The third-order valence-corrected chi connectivity index (χ3v) is 3.09. The van der Waals surface area contributed by atoms with Crippen LogP contribution in [0.2, 0.25) is 0 Å². The summed E-state index contributed by atoms with van der Waals surface area (Å²) in [6.45, 7) is 0.954. The van der Waals surface area contributed by atoms with Crippen LogP contribution in [0.3, 0.4) is 0 Å². The highest BCUT2D eigenvalue weighted by Crippen LogP contribution is 2.10. The number of Topliss-reactive ketones (excluding diaryl/α,β-unsaturated/α-hetero) is 1. The SMILES string of the molecule is Cn1ncnc1CC(=O)C1CCCCCN1. The van der Waals surface area contributed by atoms with Crippen molar-refractivity contribution in [2.75, 3.05) is 6.54 Å². The van der Waals surface area contributed by atoms with Crippen LogP contribution in [0.5, 0.6) is 0 Å². The van der Waals surface area contributed by atoms with Gasteiger partial charge in [-0.2, -0.15) is 5.10 Å². The first-order chi connectivity index (χ1) is 7.77. The molecule has 0 amide bonds. The third-order valence-electron chi connectivity index (χ3n) is 3.09. The maximum absolute atomic E-state index is 12.0. The number of hydrogen-bond donors (Lipinski definition) is 1. The van der Waals surface area contributed by atoms with Crippen molar-refractivity contribution in [2.45, 2.75) is 38.1 Å². The van der Waals surface area contributed by atoms with Gasteiger partial charge >= 0.3 is 0 Å². The number of nitrogens with one attached hydrogen (secondary N) is 1. The van der Waals surface area contributed by atoms with Crippen molar-refractivity contribution in [3.63, 3.8) is 0 Å². The second-order valence-corrected chi connectivity index (χ2v) is 4.30. The zero-order valence-electron chi connectivity index (χ0n) is 9.65. The molecule has 2 heterocycles. The summed E-state index contributed by atoms with van der Waals surface area (Å²) in [4.78, 5) is 16.1. The number of aryl methyl sites for hydroxylation is 1. The molecule has 0 radical (unpaired) electrons. The van der Waals surface area contributed by atoms with Crippen LogP contribution < -0.4 is 5.32 Å². The molecule has 88 valence electrons. The van der Waals surface area contributed by atoms with E-state index < -0.39 is 0 Å². The summed E-state index contributed by atoms with van der Waals surface area (Å²) in [5, 5.41) is 7.27. The third kappa shape index (κ3) is 2.66. The molecule has 1 atom stereocenters. The Morgan fingerprint density at radius 2 is 2.44 bits per heavy atom. The zero-order valence-corrected chi connectivity index (χ0v) is 9.65. The number of ketones is 1. The molecule has 0 aliphatic carbocycles. The van der Waals surface area contributed by atoms with Gasteiger partial charge in [0.2, 0.25) is 0 Å². The highest BCUT2D eigenvalue weighted by atomic mass is 16.1. The van der Waals surface area contributed by atoms with Crippen LogP contribution in [0.15, 0.2) is 6.33 Å². The quantitative estimate of drug-likeness (QED) is 0.807. The van der Waals surface area contributed by atoms with Crippen LogP contribution in [0.25, 0.3) is 0 Å². The summed E-state index contributed by atoms with van der Waals surface area (Å²) in [5.74, 6) is 0.981. The van der Waals surface area contributed by atoms with Crippen molar-refractivity contribution in [2.24, 2.45) is 7.05 Å². The van der Waals surface area contributed by atoms with Crippen molar-refractivity contribution in [3.8, 4) is 0 Å². The lowest BCUT2D eigenvalue weighted by Gasteiger charge is -2.13. The van der Waals surface area contributed by atoms with Crippen LogP contribution in [0.4, 0.5) is 0 Å². The summed E-state index contributed by atoms with van der Waals surface area (Å²) in [6, 6.07) is 0.0131. The molecule has 5 heteroatoms. The van der Waals surface area contributed by atoms with Crippen molar-refractivity contribution in [1.29, 1.82) is 0 Å². The summed E-state index contributed by atoms with van der Waals surface area (Å²) >= 11 is 0. The molecule has 2 rings (SSSR count). The number of nitrogens with zero attached hydrogens (tertiary/aromatic N) is 3. The molecule has 1 aromatic rings. The van der Waals surface area contributed by atoms with Crippen LogP contribution >= 0.6 is 0 Å². The molecule has 0 bridgehead atoms. The van der Waals surface area contributed by atoms with E-state index >= 15 is 0 Å². The van der Waals surface area contributed by atoms with Crippen molar-refractivity contribution < 1.29 is 4.79 Å². The molecule has 1 fully saturated rings. The monoisotopic (exact) mass is 222 g/mol. The molecule has 0 spiro atoms. The molecule has 1 saturated heterocycles. The average molecular weight is 222 g/mol. The Kier molecular flexibility index (Phi) is 3.66. The fraction of sp³-hybridized carbons (Fsp3) is 0.727. The van der Waals surface area contributed by atoms with Crippen LogP contribution in [-0.4, -0.2) is 33.1 Å². The molecule has 5 nitrogen and oxygen atoms in total. The summed E-state index contributed by atoms with van der Waals surface area (Å²) < 4.78 is 1.66.